The van der Waals surface area contributed by atoms with E-state index in [0.29, 0.717) is 25.8 Å². The molecule has 0 saturated carbocycles. The summed E-state index contributed by atoms with van der Waals surface area (Å²) in [6.45, 7) is 4.79. The molecule has 0 aromatic heterocycles. The maximum Gasteiger partial charge on any atom is 0.341 e. The molecule has 0 spiro atoms. The molecule has 2 amide bonds. The van der Waals surface area contributed by atoms with E-state index in [1.807, 2.05) is 30.3 Å². The van der Waals surface area contributed by atoms with Gasteiger partial charge in [-0.2, -0.15) is 0 Å². The van der Waals surface area contributed by atoms with E-state index >= 15 is 0 Å². The second-order valence-corrected chi connectivity index (χ2v) is 10.9. The smallest absolute Gasteiger partial charge is 0.341 e. The summed E-state index contributed by atoms with van der Waals surface area (Å²) < 4.78 is 10.6. The summed E-state index contributed by atoms with van der Waals surface area (Å²) in [5.41, 5.74) is 5.88. The molecule has 2 atom stereocenters. The number of rotatable bonds is 17. The Hall–Kier alpha value is -4.25. The van der Waals surface area contributed by atoms with E-state index in [9.17, 15) is 24.0 Å². The first-order valence-electron chi connectivity index (χ1n) is 13.9. The molecule has 5 N–H and O–H groups in total. The van der Waals surface area contributed by atoms with Crippen molar-refractivity contribution in [3.8, 4) is 5.75 Å². The Morgan fingerprint density at radius 3 is 2.33 bits per heavy atom. The van der Waals surface area contributed by atoms with Crippen LogP contribution in [0.2, 0.25) is 0 Å². The Bertz CT molecular complexity index is 1210. The molecule has 11 heteroatoms. The molecule has 2 rings (SSSR count). The number of unbranched alkanes of at least 4 members (excludes halogenated alkanes) is 1. The van der Waals surface area contributed by atoms with E-state index in [2.05, 4.69) is 10.6 Å². The fourth-order valence-corrected chi connectivity index (χ4v) is 4.06. The third-order valence-corrected chi connectivity index (χ3v) is 6.03. The Morgan fingerprint density at radius 1 is 0.976 bits per heavy atom. The van der Waals surface area contributed by atoms with Gasteiger partial charge in [-0.1, -0.05) is 36.4 Å². The van der Waals surface area contributed by atoms with Crippen molar-refractivity contribution in [3.63, 3.8) is 0 Å². The summed E-state index contributed by atoms with van der Waals surface area (Å²) in [6.07, 6.45) is 1.70. The van der Waals surface area contributed by atoms with Crippen LogP contribution in [0.15, 0.2) is 54.6 Å². The molecular weight excluding hydrogens is 542 g/mol. The number of ether oxygens (including phenoxy) is 2. The van der Waals surface area contributed by atoms with Gasteiger partial charge in [-0.3, -0.25) is 14.4 Å². The summed E-state index contributed by atoms with van der Waals surface area (Å²) in [6, 6.07) is 14.2. The van der Waals surface area contributed by atoms with Crippen LogP contribution in [0, 0.1) is 5.92 Å². The van der Waals surface area contributed by atoms with E-state index in [-0.39, 0.29) is 36.5 Å². The topological polar surface area (TPSA) is 174 Å². The monoisotopic (exact) mass is 583 g/mol. The summed E-state index contributed by atoms with van der Waals surface area (Å²) in [4.78, 5) is 62.7. The fraction of sp³-hybridized carbons (Fsp3) is 0.452. The van der Waals surface area contributed by atoms with Crippen LogP contribution in [0.5, 0.6) is 5.75 Å². The van der Waals surface area contributed by atoms with Crippen molar-refractivity contribution < 1.29 is 38.6 Å². The first-order chi connectivity index (χ1) is 19.9. The van der Waals surface area contributed by atoms with Gasteiger partial charge in [0.2, 0.25) is 5.91 Å². The molecule has 0 aliphatic rings. The lowest BCUT2D eigenvalue weighted by atomic mass is 9.92. The number of nitrogens with two attached hydrogens (primary N) is 1. The van der Waals surface area contributed by atoms with Crippen molar-refractivity contribution in [1.82, 2.24) is 10.6 Å². The SMILES string of the molecule is CC(C)(C)OC(=O)[C@H](CCCCN)NC(=O)[C@@H](CC(=O)CNC(=O)c1cccc(OCC(=O)O)c1)Cc1ccccc1. The number of benzene rings is 2. The number of carbonyl (C=O) groups is 5. The molecule has 0 fully saturated rings. The highest BCUT2D eigenvalue weighted by Gasteiger charge is 2.30. The molecule has 42 heavy (non-hydrogen) atoms. The zero-order valence-corrected chi connectivity index (χ0v) is 24.4. The van der Waals surface area contributed by atoms with Gasteiger partial charge in [0.1, 0.15) is 17.4 Å². The minimum Gasteiger partial charge on any atom is -0.482 e. The number of aliphatic carboxylic acids is 1. The number of hydrogen-bond donors (Lipinski definition) is 4. The summed E-state index contributed by atoms with van der Waals surface area (Å²) >= 11 is 0. The molecule has 0 heterocycles. The van der Waals surface area contributed by atoms with Crippen molar-refractivity contribution in [2.24, 2.45) is 11.7 Å². The number of carboxylic acid groups (broad SMARTS) is 1. The zero-order chi connectivity index (χ0) is 31.1. The average Bonchev–Trinajstić information content (AvgIpc) is 2.93. The van der Waals surface area contributed by atoms with E-state index in [4.69, 9.17) is 20.3 Å². The fourth-order valence-electron chi connectivity index (χ4n) is 4.06. The highest BCUT2D eigenvalue weighted by molar-refractivity contribution is 5.98. The Kier molecular flexibility index (Phi) is 13.6. The largest absolute Gasteiger partial charge is 0.482 e. The molecular formula is C31H41N3O8. The van der Waals surface area contributed by atoms with Crippen LogP contribution in [0.3, 0.4) is 0 Å². The van der Waals surface area contributed by atoms with Crippen molar-refractivity contribution in [1.29, 1.82) is 0 Å². The number of Topliss-reactive ketones (excluding diaryl/α,β-unsaturated/α-hetero) is 1. The molecule has 0 radical (unpaired) electrons. The van der Waals surface area contributed by atoms with Gasteiger partial charge >= 0.3 is 11.9 Å². The van der Waals surface area contributed by atoms with Gasteiger partial charge < -0.3 is 30.9 Å². The van der Waals surface area contributed by atoms with Gasteiger partial charge in [0.05, 0.1) is 6.54 Å². The molecule has 0 aliphatic carbocycles. The quantitative estimate of drug-likeness (QED) is 0.161. The number of carboxylic acids is 1. The Balaban J connectivity index is 2.10. The molecule has 228 valence electrons. The van der Waals surface area contributed by atoms with Crippen molar-refractivity contribution in [2.75, 3.05) is 19.7 Å². The average molecular weight is 584 g/mol. The molecule has 0 bridgehead atoms. The Morgan fingerprint density at radius 2 is 1.69 bits per heavy atom. The number of esters is 1. The zero-order valence-electron chi connectivity index (χ0n) is 24.4. The van der Waals surface area contributed by atoms with Crippen LogP contribution in [-0.4, -0.2) is 66.0 Å². The summed E-state index contributed by atoms with van der Waals surface area (Å²) in [7, 11) is 0. The summed E-state index contributed by atoms with van der Waals surface area (Å²) in [5.74, 6) is -3.72. The number of nitrogens with one attached hydrogen (secondary N) is 2. The molecule has 11 nitrogen and oxygen atoms in total. The first kappa shape index (κ1) is 34.0. The van der Waals surface area contributed by atoms with Gasteiger partial charge in [0, 0.05) is 17.9 Å². The van der Waals surface area contributed by atoms with Gasteiger partial charge in [-0.05, 0) is 76.8 Å². The first-order valence-corrected chi connectivity index (χ1v) is 13.9. The number of amides is 2. The van der Waals surface area contributed by atoms with Gasteiger partial charge in [0.15, 0.2) is 12.4 Å². The van der Waals surface area contributed by atoms with Gasteiger partial charge in [0.25, 0.3) is 5.91 Å². The van der Waals surface area contributed by atoms with E-state index in [1.165, 1.54) is 24.3 Å². The predicted molar refractivity (Wildman–Crippen MR) is 156 cm³/mol. The van der Waals surface area contributed by atoms with Crippen molar-refractivity contribution in [2.45, 2.75) is 64.5 Å². The molecule has 2 aromatic rings. The lowest BCUT2D eigenvalue weighted by Crippen LogP contribution is -2.47. The predicted octanol–water partition coefficient (Wildman–Crippen LogP) is 2.65. The van der Waals surface area contributed by atoms with Gasteiger partial charge in [-0.15, -0.1) is 0 Å². The maximum absolute atomic E-state index is 13.5. The molecule has 0 aliphatic heterocycles. The highest BCUT2D eigenvalue weighted by Crippen LogP contribution is 2.17. The van der Waals surface area contributed by atoms with E-state index in [0.717, 1.165) is 5.56 Å². The lowest BCUT2D eigenvalue weighted by Gasteiger charge is -2.26. The van der Waals surface area contributed by atoms with Crippen LogP contribution in [0.25, 0.3) is 0 Å². The highest BCUT2D eigenvalue weighted by atomic mass is 16.6. The van der Waals surface area contributed by atoms with Crippen LogP contribution in [0.1, 0.15) is 62.4 Å². The van der Waals surface area contributed by atoms with Crippen molar-refractivity contribution in [3.05, 3.63) is 65.7 Å². The molecule has 2 aromatic carbocycles. The van der Waals surface area contributed by atoms with Crippen LogP contribution >= 0.6 is 0 Å². The minimum atomic E-state index is -1.16. The van der Waals surface area contributed by atoms with Crippen LogP contribution in [-0.2, 0) is 30.3 Å². The van der Waals surface area contributed by atoms with Gasteiger partial charge in [-0.25, -0.2) is 9.59 Å². The van der Waals surface area contributed by atoms with Crippen LogP contribution < -0.4 is 21.1 Å². The van der Waals surface area contributed by atoms with E-state index < -0.39 is 47.9 Å². The standard InChI is InChI=1S/C31H41N3O8/c1-31(2,3)42-30(40)26(14-7-8-15-32)34-29(39)23(16-21-10-5-4-6-11-21)17-24(35)19-33-28(38)22-12-9-13-25(18-22)41-20-27(36)37/h4-6,9-13,18,23,26H,7-8,14-17,19-20,32H2,1-3H3,(H,33,38)(H,34,39)(H,36,37)/t23-,26+/m1/s1. The lowest BCUT2D eigenvalue weighted by molar-refractivity contribution is -0.159. The number of carbonyl (C=O) groups excluding carboxylic acids is 4. The van der Waals surface area contributed by atoms with Crippen molar-refractivity contribution >= 4 is 29.5 Å². The second-order valence-electron chi connectivity index (χ2n) is 10.9. The third kappa shape index (κ3) is 12.9. The second kappa shape index (κ2) is 16.9. The normalized spacial score (nSPS) is 12.5. The Labute approximate surface area is 246 Å². The number of ketones is 1. The van der Waals surface area contributed by atoms with E-state index in [1.54, 1.807) is 20.8 Å². The van der Waals surface area contributed by atoms with Crippen LogP contribution in [0.4, 0.5) is 0 Å². The molecule has 0 saturated heterocycles. The maximum atomic E-state index is 13.5. The molecule has 0 unspecified atom stereocenters. The minimum absolute atomic E-state index is 0.174. The third-order valence-electron chi connectivity index (χ3n) is 6.03. The summed E-state index contributed by atoms with van der Waals surface area (Å²) in [5, 5.41) is 14.1. The number of hydrogen-bond acceptors (Lipinski definition) is 8.